The second kappa shape index (κ2) is 9.47. The molecule has 4 rings (SSSR count). The van der Waals surface area contributed by atoms with Crippen LogP contribution in [0.3, 0.4) is 0 Å². The summed E-state index contributed by atoms with van der Waals surface area (Å²) in [5.74, 6) is -0.333. The van der Waals surface area contributed by atoms with Crippen LogP contribution in [0.25, 0.3) is 0 Å². The van der Waals surface area contributed by atoms with E-state index in [1.807, 2.05) is 17.1 Å². The second-order valence-electron chi connectivity index (χ2n) is 8.76. The molecular weight excluding hydrogens is 439 g/mol. The third-order valence-corrected chi connectivity index (χ3v) is 7.33. The topological polar surface area (TPSA) is 61.4 Å². The molecule has 0 aromatic heterocycles. The molecule has 174 valence electrons. The van der Waals surface area contributed by atoms with Crippen LogP contribution in [0.15, 0.2) is 41.3 Å². The van der Waals surface area contributed by atoms with Crippen LogP contribution in [0.2, 0.25) is 0 Å². The van der Waals surface area contributed by atoms with Crippen molar-refractivity contribution in [2.45, 2.75) is 42.3 Å². The van der Waals surface area contributed by atoms with Crippen LogP contribution in [-0.2, 0) is 16.1 Å². The lowest BCUT2D eigenvalue weighted by Crippen LogP contribution is -2.52. The van der Waals surface area contributed by atoms with Gasteiger partial charge in [-0.2, -0.15) is 13.2 Å². The third kappa shape index (κ3) is 5.31. The fourth-order valence-corrected chi connectivity index (χ4v) is 5.45. The van der Waals surface area contributed by atoms with Crippen LogP contribution < -0.4 is 10.6 Å². The predicted molar refractivity (Wildman–Crippen MR) is 117 cm³/mol. The number of amides is 2. The van der Waals surface area contributed by atoms with Gasteiger partial charge in [-0.1, -0.05) is 24.3 Å². The summed E-state index contributed by atoms with van der Waals surface area (Å²) in [6, 6.07) is 6.48. The smallest absolute Gasteiger partial charge is 0.359 e. The molecule has 1 aromatic rings. The van der Waals surface area contributed by atoms with Crippen molar-refractivity contribution < 1.29 is 22.8 Å². The Morgan fingerprint density at radius 3 is 2.62 bits per heavy atom. The molecule has 32 heavy (non-hydrogen) atoms. The average Bonchev–Trinajstić information content (AvgIpc) is 3.55. The van der Waals surface area contributed by atoms with Gasteiger partial charge < -0.3 is 15.5 Å². The van der Waals surface area contributed by atoms with Crippen LogP contribution in [0.4, 0.5) is 13.2 Å². The monoisotopic (exact) mass is 467 g/mol. The Morgan fingerprint density at radius 2 is 2.00 bits per heavy atom. The molecule has 0 radical (unpaired) electrons. The van der Waals surface area contributed by atoms with E-state index in [1.54, 1.807) is 19.2 Å². The van der Waals surface area contributed by atoms with Gasteiger partial charge in [0.2, 0.25) is 11.8 Å². The molecule has 5 nitrogen and oxygen atoms in total. The molecule has 0 bridgehead atoms. The van der Waals surface area contributed by atoms with Crippen LogP contribution in [0.5, 0.6) is 0 Å². The Bertz CT molecular complexity index is 887. The fraction of sp³-hybridized carbons (Fsp3) is 0.565. The number of carbonyl (C=O) groups is 2. The highest BCUT2D eigenvalue weighted by Gasteiger charge is 2.45. The molecule has 2 fully saturated rings. The van der Waals surface area contributed by atoms with Gasteiger partial charge in [-0.15, -0.1) is 0 Å². The van der Waals surface area contributed by atoms with Crippen LogP contribution in [0, 0.1) is 23.7 Å². The Morgan fingerprint density at radius 1 is 1.22 bits per heavy atom. The van der Waals surface area contributed by atoms with Gasteiger partial charge in [-0.3, -0.25) is 9.59 Å². The van der Waals surface area contributed by atoms with Crippen LogP contribution in [0.1, 0.15) is 24.8 Å². The van der Waals surface area contributed by atoms with Gasteiger partial charge in [0.15, 0.2) is 0 Å². The first kappa shape index (κ1) is 23.2. The maximum absolute atomic E-state index is 13.7. The standard InChI is InChI=1S/C23H28F3N3O2S/c1-27-21(30)19-8-7-17(19)18-9-10-28-12-20(18)22(31)29(15-5-6-15)13-14-3-2-4-16(11-14)32-23(24,25)26/h2-4,7-8,11,15,17-20,28H,5-6,9-10,12-13H2,1H3,(H,27,30)/t17?,18-,19?,20+/m1/s1. The summed E-state index contributed by atoms with van der Waals surface area (Å²) in [6.07, 6.45) is 6.58. The lowest BCUT2D eigenvalue weighted by atomic mass is 9.66. The van der Waals surface area contributed by atoms with E-state index in [2.05, 4.69) is 10.6 Å². The minimum atomic E-state index is -4.34. The van der Waals surface area contributed by atoms with Crippen LogP contribution >= 0.6 is 11.8 Å². The first-order valence-electron chi connectivity index (χ1n) is 11.0. The molecule has 1 saturated heterocycles. The quantitative estimate of drug-likeness (QED) is 0.476. The van der Waals surface area contributed by atoms with Crippen molar-refractivity contribution >= 4 is 23.6 Å². The molecule has 4 atom stereocenters. The van der Waals surface area contributed by atoms with Gasteiger partial charge in [-0.05, 0) is 67.1 Å². The van der Waals surface area contributed by atoms with Crippen molar-refractivity contribution in [1.29, 1.82) is 0 Å². The predicted octanol–water partition coefficient (Wildman–Crippen LogP) is 3.56. The van der Waals surface area contributed by atoms with Crippen LogP contribution in [-0.4, -0.2) is 48.4 Å². The number of nitrogens with one attached hydrogen (secondary N) is 2. The van der Waals surface area contributed by atoms with E-state index < -0.39 is 5.51 Å². The number of alkyl halides is 3. The Balaban J connectivity index is 1.50. The highest BCUT2D eigenvalue weighted by molar-refractivity contribution is 8.00. The van der Waals surface area contributed by atoms with E-state index in [0.29, 0.717) is 18.7 Å². The zero-order valence-electron chi connectivity index (χ0n) is 17.9. The number of thioether (sulfide) groups is 1. The third-order valence-electron chi connectivity index (χ3n) is 6.61. The average molecular weight is 468 g/mol. The molecule has 2 aliphatic carbocycles. The number of nitrogens with zero attached hydrogens (tertiary/aromatic N) is 1. The minimum absolute atomic E-state index is 0.0275. The van der Waals surface area contributed by atoms with Gasteiger partial charge in [-0.25, -0.2) is 0 Å². The van der Waals surface area contributed by atoms with Crippen molar-refractivity contribution in [3.63, 3.8) is 0 Å². The van der Waals surface area contributed by atoms with Gasteiger partial charge in [0, 0.05) is 31.1 Å². The maximum atomic E-state index is 13.7. The second-order valence-corrected chi connectivity index (χ2v) is 9.90. The van der Waals surface area contributed by atoms with E-state index in [-0.39, 0.29) is 58.2 Å². The van der Waals surface area contributed by atoms with Crippen molar-refractivity contribution in [3.8, 4) is 0 Å². The molecule has 0 spiro atoms. The number of benzene rings is 1. The summed E-state index contributed by atoms with van der Waals surface area (Å²) in [5.41, 5.74) is -3.64. The first-order chi connectivity index (χ1) is 15.3. The highest BCUT2D eigenvalue weighted by Crippen LogP contribution is 2.42. The van der Waals surface area contributed by atoms with Gasteiger partial charge in [0.1, 0.15) is 0 Å². The Hall–Kier alpha value is -2.00. The lowest BCUT2D eigenvalue weighted by molar-refractivity contribution is -0.141. The lowest BCUT2D eigenvalue weighted by Gasteiger charge is -2.42. The Labute approximate surface area is 190 Å². The van der Waals surface area contributed by atoms with E-state index in [1.165, 1.54) is 12.1 Å². The summed E-state index contributed by atoms with van der Waals surface area (Å²) < 4.78 is 38.3. The van der Waals surface area contributed by atoms with E-state index in [4.69, 9.17) is 0 Å². The number of hydrogen-bond acceptors (Lipinski definition) is 4. The number of carbonyl (C=O) groups excluding carboxylic acids is 2. The fourth-order valence-electron chi connectivity index (χ4n) is 4.82. The van der Waals surface area contributed by atoms with Crippen molar-refractivity contribution in [2.75, 3.05) is 20.1 Å². The molecule has 1 saturated carbocycles. The van der Waals surface area contributed by atoms with E-state index in [9.17, 15) is 22.8 Å². The summed E-state index contributed by atoms with van der Waals surface area (Å²) in [4.78, 5) is 27.8. The van der Waals surface area contributed by atoms with Gasteiger partial charge in [0.25, 0.3) is 0 Å². The molecule has 9 heteroatoms. The van der Waals surface area contributed by atoms with Gasteiger partial charge >= 0.3 is 5.51 Å². The molecule has 2 amide bonds. The zero-order chi connectivity index (χ0) is 22.9. The molecule has 2 N–H and O–H groups in total. The Kier molecular flexibility index (Phi) is 6.86. The normalized spacial score (nSPS) is 27.5. The number of piperidine rings is 1. The first-order valence-corrected chi connectivity index (χ1v) is 11.8. The highest BCUT2D eigenvalue weighted by atomic mass is 32.2. The van der Waals surface area contributed by atoms with E-state index in [0.717, 1.165) is 25.8 Å². The number of hydrogen-bond donors (Lipinski definition) is 2. The SMILES string of the molecule is CNC(=O)C1C=CC1[C@H]1CCNC[C@@H]1C(=O)N(Cc1cccc(SC(F)(F)F)c1)C1CC1. The van der Waals surface area contributed by atoms with Crippen molar-refractivity contribution in [1.82, 2.24) is 15.5 Å². The summed E-state index contributed by atoms with van der Waals surface area (Å²) in [7, 11) is 1.62. The largest absolute Gasteiger partial charge is 0.446 e. The van der Waals surface area contributed by atoms with Crippen molar-refractivity contribution in [2.24, 2.45) is 23.7 Å². The summed E-state index contributed by atoms with van der Waals surface area (Å²) in [6.45, 7) is 1.67. The molecule has 1 heterocycles. The minimum Gasteiger partial charge on any atom is -0.359 e. The molecule has 2 unspecified atom stereocenters. The molecule has 1 aliphatic heterocycles. The molecular formula is C23H28F3N3O2S. The maximum Gasteiger partial charge on any atom is 0.446 e. The summed E-state index contributed by atoms with van der Waals surface area (Å²) >= 11 is -0.137. The summed E-state index contributed by atoms with van der Waals surface area (Å²) in [5, 5.41) is 6.02. The number of allylic oxidation sites excluding steroid dienone is 1. The number of rotatable bonds is 7. The zero-order valence-corrected chi connectivity index (χ0v) is 18.7. The molecule has 1 aromatic carbocycles. The van der Waals surface area contributed by atoms with E-state index >= 15 is 0 Å². The van der Waals surface area contributed by atoms with Crippen molar-refractivity contribution in [3.05, 3.63) is 42.0 Å². The number of halogens is 3. The molecule has 3 aliphatic rings. The van der Waals surface area contributed by atoms with Gasteiger partial charge in [0.05, 0.1) is 11.8 Å².